The van der Waals surface area contributed by atoms with Gasteiger partial charge >= 0.3 is 17.9 Å². The van der Waals surface area contributed by atoms with E-state index in [2.05, 4.69) is 20.8 Å². The molecule has 190 valence electrons. The van der Waals surface area contributed by atoms with E-state index in [4.69, 9.17) is 18.9 Å². The average molecular weight is 479 g/mol. The predicted molar refractivity (Wildman–Crippen MR) is 119 cm³/mol. The van der Waals surface area contributed by atoms with Crippen molar-refractivity contribution < 1.29 is 38.4 Å². The molecule has 1 N–H and O–H groups in total. The molecule has 2 heterocycles. The van der Waals surface area contributed by atoms with Gasteiger partial charge in [0.15, 0.2) is 12.4 Å². The Morgan fingerprint density at radius 1 is 1.15 bits per heavy atom. The topological polar surface area (TPSA) is 108 Å². The van der Waals surface area contributed by atoms with Gasteiger partial charge < -0.3 is 24.1 Å². The Morgan fingerprint density at radius 2 is 1.88 bits per heavy atom. The van der Waals surface area contributed by atoms with Crippen molar-refractivity contribution in [3.05, 3.63) is 0 Å². The van der Waals surface area contributed by atoms with Crippen molar-refractivity contribution in [2.24, 2.45) is 39.9 Å². The molecule has 3 aliphatic carbocycles. The van der Waals surface area contributed by atoms with E-state index in [0.717, 1.165) is 19.3 Å². The zero-order chi connectivity index (χ0) is 24.6. The van der Waals surface area contributed by atoms with E-state index >= 15 is 0 Å². The largest absolute Gasteiger partial charge is 0.458 e. The second-order valence-corrected chi connectivity index (χ2v) is 12.1. The SMILES string of the molecule is CCCC(=O)O[C@H]1[C@@H](OC(C)=O)C23C(O)O[C@@H]4OC(=O)[C@H](CCC2[C@@]2(C)CCCC(C)(C)[C@H]12)C43. The van der Waals surface area contributed by atoms with Gasteiger partial charge in [-0.25, -0.2) is 0 Å². The summed E-state index contributed by atoms with van der Waals surface area (Å²) in [4.78, 5) is 38.2. The number of hydrogen-bond donors (Lipinski definition) is 1. The molecule has 34 heavy (non-hydrogen) atoms. The number of aliphatic hydroxyl groups is 1. The summed E-state index contributed by atoms with van der Waals surface area (Å²) in [6.45, 7) is 9.91. The number of carbonyl (C=O) groups is 3. The summed E-state index contributed by atoms with van der Waals surface area (Å²) < 4.78 is 23.7. The van der Waals surface area contributed by atoms with Crippen LogP contribution in [0.15, 0.2) is 0 Å². The highest BCUT2D eigenvalue weighted by Gasteiger charge is 2.80. The van der Waals surface area contributed by atoms with Crippen molar-refractivity contribution in [3.8, 4) is 0 Å². The minimum atomic E-state index is -1.29. The molecule has 5 fully saturated rings. The maximum atomic E-state index is 12.9. The number of esters is 3. The third-order valence-corrected chi connectivity index (χ3v) is 9.92. The molecular weight excluding hydrogens is 440 g/mol. The van der Waals surface area contributed by atoms with Gasteiger partial charge in [0, 0.05) is 25.2 Å². The van der Waals surface area contributed by atoms with Crippen LogP contribution in [0.3, 0.4) is 0 Å². The first-order chi connectivity index (χ1) is 16.0. The lowest BCUT2D eigenvalue weighted by Gasteiger charge is -2.68. The third kappa shape index (κ3) is 3.06. The number of rotatable bonds is 4. The van der Waals surface area contributed by atoms with Crippen LogP contribution in [0.5, 0.6) is 0 Å². The Hall–Kier alpha value is -1.67. The summed E-state index contributed by atoms with van der Waals surface area (Å²) >= 11 is 0. The first kappa shape index (κ1) is 24.0. The highest BCUT2D eigenvalue weighted by Crippen LogP contribution is 2.74. The van der Waals surface area contributed by atoms with Crippen LogP contribution < -0.4 is 0 Å². The van der Waals surface area contributed by atoms with Gasteiger partial charge in [-0.3, -0.25) is 14.4 Å². The summed E-state index contributed by atoms with van der Waals surface area (Å²) in [5.74, 6) is -2.19. The lowest BCUT2D eigenvalue weighted by atomic mass is 9.37. The van der Waals surface area contributed by atoms with E-state index in [0.29, 0.717) is 19.3 Å². The van der Waals surface area contributed by atoms with Crippen LogP contribution in [0.4, 0.5) is 0 Å². The molecular formula is C26H38O8. The van der Waals surface area contributed by atoms with Crippen LogP contribution in [0.1, 0.15) is 79.6 Å². The van der Waals surface area contributed by atoms with E-state index < -0.39 is 48.0 Å². The Balaban J connectivity index is 1.72. The van der Waals surface area contributed by atoms with Crippen LogP contribution >= 0.6 is 0 Å². The summed E-state index contributed by atoms with van der Waals surface area (Å²) in [5.41, 5.74) is -1.56. The normalized spacial score (nSPS) is 48.2. The van der Waals surface area contributed by atoms with Crippen molar-refractivity contribution in [3.63, 3.8) is 0 Å². The highest BCUT2D eigenvalue weighted by molar-refractivity contribution is 5.76. The lowest BCUT2D eigenvalue weighted by molar-refractivity contribution is -0.310. The Morgan fingerprint density at radius 3 is 2.56 bits per heavy atom. The summed E-state index contributed by atoms with van der Waals surface area (Å²) in [6, 6.07) is 0. The molecule has 2 saturated heterocycles. The van der Waals surface area contributed by atoms with Gasteiger partial charge in [0.05, 0.1) is 11.3 Å². The van der Waals surface area contributed by atoms with E-state index in [1.165, 1.54) is 6.92 Å². The van der Waals surface area contributed by atoms with Gasteiger partial charge in [0.25, 0.3) is 0 Å². The Bertz CT molecular complexity index is 884. The third-order valence-electron chi connectivity index (χ3n) is 9.92. The molecule has 0 amide bonds. The predicted octanol–water partition coefficient (Wildman–Crippen LogP) is 3.34. The minimum Gasteiger partial charge on any atom is -0.458 e. The Labute approximate surface area is 201 Å². The fourth-order valence-corrected chi connectivity index (χ4v) is 9.14. The fourth-order valence-electron chi connectivity index (χ4n) is 9.14. The number of hydrogen-bond acceptors (Lipinski definition) is 8. The van der Waals surface area contributed by atoms with Crippen molar-refractivity contribution in [2.45, 2.75) is 104 Å². The molecule has 10 atom stereocenters. The lowest BCUT2D eigenvalue weighted by Crippen LogP contribution is -2.73. The Kier molecular flexibility index (Phi) is 5.60. The molecule has 5 aliphatic rings. The molecule has 2 aliphatic heterocycles. The number of carbonyl (C=O) groups excluding carboxylic acids is 3. The molecule has 8 nitrogen and oxygen atoms in total. The molecule has 0 radical (unpaired) electrons. The number of fused-ring (bicyclic) bond motifs is 2. The highest BCUT2D eigenvalue weighted by atomic mass is 16.8. The zero-order valence-corrected chi connectivity index (χ0v) is 20.9. The number of ether oxygens (including phenoxy) is 4. The molecule has 8 heteroatoms. The van der Waals surface area contributed by atoms with Crippen molar-refractivity contribution in [1.82, 2.24) is 0 Å². The summed E-state index contributed by atoms with van der Waals surface area (Å²) in [6.07, 6.45) is 1.31. The maximum absolute atomic E-state index is 12.9. The quantitative estimate of drug-likeness (QED) is 0.484. The van der Waals surface area contributed by atoms with Crippen molar-refractivity contribution >= 4 is 17.9 Å². The standard InChI is InChI=1S/C26H38O8/c1-6-8-16(28)32-18-19-24(3,4)11-7-12-25(19,5)15-10-9-14-17-22(33-21(14)29)34-23(30)26(15,17)20(18)31-13(2)27/h14-15,17-20,22-23,30H,6-12H2,1-5H3/t14-,15?,17?,18-,19+,20-,22+,23?,25-,26?/m1/s1. The van der Waals surface area contributed by atoms with Gasteiger partial charge in [-0.2, -0.15) is 0 Å². The van der Waals surface area contributed by atoms with E-state index in [1.807, 2.05) is 6.92 Å². The van der Waals surface area contributed by atoms with Crippen LogP contribution in [0.25, 0.3) is 0 Å². The molecule has 0 aromatic heterocycles. The minimum absolute atomic E-state index is 0.0737. The second kappa shape index (κ2) is 7.92. The zero-order valence-electron chi connectivity index (χ0n) is 20.9. The fraction of sp³-hybridized carbons (Fsp3) is 0.885. The monoisotopic (exact) mass is 478 g/mol. The van der Waals surface area contributed by atoms with Crippen LogP contribution in [-0.4, -0.2) is 47.8 Å². The van der Waals surface area contributed by atoms with E-state index in [1.54, 1.807) is 0 Å². The maximum Gasteiger partial charge on any atom is 0.311 e. The van der Waals surface area contributed by atoms with Crippen LogP contribution in [0.2, 0.25) is 0 Å². The second-order valence-electron chi connectivity index (χ2n) is 12.1. The van der Waals surface area contributed by atoms with Gasteiger partial charge in [-0.15, -0.1) is 0 Å². The first-order valence-corrected chi connectivity index (χ1v) is 12.9. The molecule has 3 saturated carbocycles. The molecule has 0 aromatic rings. The first-order valence-electron chi connectivity index (χ1n) is 12.9. The summed E-state index contributed by atoms with van der Waals surface area (Å²) in [5, 5.41) is 11.5. The van der Waals surface area contributed by atoms with Crippen molar-refractivity contribution in [1.29, 1.82) is 0 Å². The van der Waals surface area contributed by atoms with Crippen molar-refractivity contribution in [2.75, 3.05) is 0 Å². The van der Waals surface area contributed by atoms with E-state index in [9.17, 15) is 19.5 Å². The molecule has 5 rings (SSSR count). The van der Waals surface area contributed by atoms with Gasteiger partial charge in [-0.05, 0) is 48.9 Å². The summed E-state index contributed by atoms with van der Waals surface area (Å²) in [7, 11) is 0. The van der Waals surface area contributed by atoms with Gasteiger partial charge in [0.2, 0.25) is 6.29 Å². The van der Waals surface area contributed by atoms with Crippen LogP contribution in [-0.2, 0) is 33.3 Å². The average Bonchev–Trinajstić information content (AvgIpc) is 3.20. The number of aliphatic hydroxyl groups excluding tert-OH is 1. The smallest absolute Gasteiger partial charge is 0.311 e. The molecule has 0 aromatic carbocycles. The molecule has 4 unspecified atom stereocenters. The van der Waals surface area contributed by atoms with Gasteiger partial charge in [-0.1, -0.05) is 34.1 Å². The van der Waals surface area contributed by atoms with Gasteiger partial charge in [0.1, 0.15) is 6.10 Å². The molecule has 0 bridgehead atoms. The molecule has 1 spiro atoms. The van der Waals surface area contributed by atoms with E-state index in [-0.39, 0.29) is 41.0 Å². The van der Waals surface area contributed by atoms with Crippen LogP contribution in [0, 0.1) is 39.9 Å².